The molecule has 0 saturated carbocycles. The van der Waals surface area contributed by atoms with Crippen molar-refractivity contribution in [2.24, 2.45) is 5.92 Å². The number of rotatable bonds is 5. The Bertz CT molecular complexity index is 339. The fourth-order valence-electron chi connectivity index (χ4n) is 1.29. The largest absolute Gasteiger partial charge is 0.495 e. The molecule has 1 unspecified atom stereocenters. The van der Waals surface area contributed by atoms with Crippen molar-refractivity contribution in [3.05, 3.63) is 23.8 Å². The third-order valence-electron chi connectivity index (χ3n) is 2.75. The summed E-state index contributed by atoms with van der Waals surface area (Å²) >= 11 is 1.96. The van der Waals surface area contributed by atoms with E-state index in [2.05, 4.69) is 26.8 Å². The SMILES string of the molecule is COc1ccc(CSC(C)C(C)C)cc1N. The summed E-state index contributed by atoms with van der Waals surface area (Å²) < 4.78 is 5.13. The summed E-state index contributed by atoms with van der Waals surface area (Å²) in [6, 6.07) is 6.01. The van der Waals surface area contributed by atoms with Crippen LogP contribution < -0.4 is 10.5 Å². The van der Waals surface area contributed by atoms with E-state index in [-0.39, 0.29) is 0 Å². The van der Waals surface area contributed by atoms with E-state index in [0.29, 0.717) is 11.2 Å². The molecule has 0 radical (unpaired) electrons. The second-order valence-corrected chi connectivity index (χ2v) is 5.70. The van der Waals surface area contributed by atoms with Crippen LogP contribution in [0.15, 0.2) is 18.2 Å². The van der Waals surface area contributed by atoms with Crippen LogP contribution in [0.3, 0.4) is 0 Å². The van der Waals surface area contributed by atoms with Gasteiger partial charge in [0.05, 0.1) is 12.8 Å². The topological polar surface area (TPSA) is 35.2 Å². The zero-order chi connectivity index (χ0) is 12.1. The van der Waals surface area contributed by atoms with Crippen molar-refractivity contribution < 1.29 is 4.74 Å². The zero-order valence-electron chi connectivity index (χ0n) is 10.5. The molecule has 1 aromatic rings. The number of benzene rings is 1. The average Bonchev–Trinajstić information content (AvgIpc) is 2.25. The molecule has 1 atom stereocenters. The first-order chi connectivity index (χ1) is 7.54. The van der Waals surface area contributed by atoms with Gasteiger partial charge < -0.3 is 10.5 Å². The third kappa shape index (κ3) is 3.63. The predicted octanol–water partition coefficient (Wildman–Crippen LogP) is 3.56. The maximum Gasteiger partial charge on any atom is 0.141 e. The van der Waals surface area contributed by atoms with Crippen molar-refractivity contribution in [3.63, 3.8) is 0 Å². The van der Waals surface area contributed by atoms with Crippen molar-refractivity contribution in [1.82, 2.24) is 0 Å². The highest BCUT2D eigenvalue weighted by atomic mass is 32.2. The summed E-state index contributed by atoms with van der Waals surface area (Å²) in [6.45, 7) is 6.77. The second kappa shape index (κ2) is 6.04. The van der Waals surface area contributed by atoms with E-state index >= 15 is 0 Å². The quantitative estimate of drug-likeness (QED) is 0.798. The molecule has 0 heterocycles. The van der Waals surface area contributed by atoms with E-state index < -0.39 is 0 Å². The molecule has 16 heavy (non-hydrogen) atoms. The average molecular weight is 239 g/mol. The molecule has 0 aliphatic carbocycles. The number of hydrogen-bond acceptors (Lipinski definition) is 3. The van der Waals surface area contributed by atoms with Crippen molar-refractivity contribution in [2.45, 2.75) is 31.8 Å². The molecule has 0 spiro atoms. The fraction of sp³-hybridized carbons (Fsp3) is 0.538. The van der Waals surface area contributed by atoms with Gasteiger partial charge in [-0.1, -0.05) is 26.8 Å². The Kier molecular flexibility index (Phi) is 5.00. The van der Waals surface area contributed by atoms with Gasteiger partial charge >= 0.3 is 0 Å². The lowest BCUT2D eigenvalue weighted by molar-refractivity contribution is 0.417. The van der Waals surface area contributed by atoms with Gasteiger partial charge in [0.15, 0.2) is 0 Å². The summed E-state index contributed by atoms with van der Waals surface area (Å²) in [5.74, 6) is 2.47. The van der Waals surface area contributed by atoms with Gasteiger partial charge in [-0.05, 0) is 23.6 Å². The zero-order valence-corrected chi connectivity index (χ0v) is 11.3. The lowest BCUT2D eigenvalue weighted by Gasteiger charge is -2.15. The molecule has 1 aromatic carbocycles. The van der Waals surface area contributed by atoms with Gasteiger partial charge in [0.25, 0.3) is 0 Å². The first-order valence-electron chi connectivity index (χ1n) is 5.58. The highest BCUT2D eigenvalue weighted by Crippen LogP contribution is 2.27. The summed E-state index contributed by atoms with van der Waals surface area (Å²) in [6.07, 6.45) is 0. The van der Waals surface area contributed by atoms with Gasteiger partial charge in [-0.25, -0.2) is 0 Å². The Balaban J connectivity index is 2.58. The van der Waals surface area contributed by atoms with Crippen LogP contribution >= 0.6 is 11.8 Å². The van der Waals surface area contributed by atoms with Crippen LogP contribution in [0.4, 0.5) is 5.69 Å². The van der Waals surface area contributed by atoms with Crippen LogP contribution in [0.2, 0.25) is 0 Å². The van der Waals surface area contributed by atoms with Crippen molar-refractivity contribution >= 4 is 17.4 Å². The van der Waals surface area contributed by atoms with E-state index in [0.717, 1.165) is 17.2 Å². The molecule has 0 aromatic heterocycles. The molecular weight excluding hydrogens is 218 g/mol. The van der Waals surface area contributed by atoms with Crippen LogP contribution in [-0.2, 0) is 5.75 Å². The maximum absolute atomic E-state index is 5.86. The Labute approximate surface area is 103 Å². The van der Waals surface area contributed by atoms with Crippen LogP contribution in [0, 0.1) is 5.92 Å². The number of hydrogen-bond donors (Lipinski definition) is 1. The van der Waals surface area contributed by atoms with Gasteiger partial charge in [-0.3, -0.25) is 0 Å². The highest BCUT2D eigenvalue weighted by molar-refractivity contribution is 7.99. The van der Waals surface area contributed by atoms with Gasteiger partial charge in [0.2, 0.25) is 0 Å². The third-order valence-corrected chi connectivity index (χ3v) is 4.32. The molecule has 0 bridgehead atoms. The fourth-order valence-corrected chi connectivity index (χ4v) is 2.31. The number of nitrogen functional groups attached to an aromatic ring is 1. The maximum atomic E-state index is 5.86. The molecule has 0 aliphatic rings. The first kappa shape index (κ1) is 13.2. The summed E-state index contributed by atoms with van der Waals surface area (Å²) in [5, 5.41) is 0.670. The Morgan fingerprint density at radius 1 is 1.31 bits per heavy atom. The number of thioether (sulfide) groups is 1. The minimum absolute atomic E-state index is 0.670. The van der Waals surface area contributed by atoms with Crippen LogP contribution in [0.1, 0.15) is 26.3 Å². The number of anilines is 1. The molecule has 0 saturated heterocycles. The van der Waals surface area contributed by atoms with Gasteiger partial charge in [0.1, 0.15) is 5.75 Å². The summed E-state index contributed by atoms with van der Waals surface area (Å²) in [7, 11) is 1.64. The molecule has 0 aliphatic heterocycles. The number of methoxy groups -OCH3 is 1. The minimum Gasteiger partial charge on any atom is -0.495 e. The minimum atomic E-state index is 0.670. The number of nitrogens with two attached hydrogens (primary N) is 1. The molecule has 3 heteroatoms. The Hall–Kier alpha value is -0.830. The van der Waals surface area contributed by atoms with E-state index in [1.165, 1.54) is 5.56 Å². The van der Waals surface area contributed by atoms with E-state index in [4.69, 9.17) is 10.5 Å². The second-order valence-electron chi connectivity index (χ2n) is 4.34. The lowest BCUT2D eigenvalue weighted by atomic mass is 10.2. The molecule has 1 rings (SSSR count). The van der Waals surface area contributed by atoms with E-state index in [1.807, 2.05) is 23.9 Å². The molecule has 2 nitrogen and oxygen atoms in total. The van der Waals surface area contributed by atoms with E-state index in [1.54, 1.807) is 7.11 Å². The molecule has 0 amide bonds. The van der Waals surface area contributed by atoms with Crippen molar-refractivity contribution in [3.8, 4) is 5.75 Å². The van der Waals surface area contributed by atoms with Crippen LogP contribution in [0.5, 0.6) is 5.75 Å². The predicted molar refractivity (Wildman–Crippen MR) is 73.0 cm³/mol. The Morgan fingerprint density at radius 2 is 2.00 bits per heavy atom. The summed E-state index contributed by atoms with van der Waals surface area (Å²) in [4.78, 5) is 0. The standard InChI is InChI=1S/C13H21NOS/c1-9(2)10(3)16-8-11-5-6-13(15-4)12(14)7-11/h5-7,9-10H,8,14H2,1-4H3. The molecular formula is C13H21NOS. The molecule has 2 N–H and O–H groups in total. The van der Waals surface area contributed by atoms with Gasteiger partial charge in [-0.2, -0.15) is 11.8 Å². The first-order valence-corrected chi connectivity index (χ1v) is 6.63. The molecule has 90 valence electrons. The smallest absolute Gasteiger partial charge is 0.141 e. The lowest BCUT2D eigenvalue weighted by Crippen LogP contribution is -2.05. The van der Waals surface area contributed by atoms with Gasteiger partial charge in [-0.15, -0.1) is 0 Å². The molecule has 0 fully saturated rings. The summed E-state index contributed by atoms with van der Waals surface area (Å²) in [5.41, 5.74) is 7.84. The van der Waals surface area contributed by atoms with E-state index in [9.17, 15) is 0 Å². The number of ether oxygens (including phenoxy) is 1. The normalized spacial score (nSPS) is 12.8. The van der Waals surface area contributed by atoms with Crippen LogP contribution in [0.25, 0.3) is 0 Å². The van der Waals surface area contributed by atoms with Crippen LogP contribution in [-0.4, -0.2) is 12.4 Å². The van der Waals surface area contributed by atoms with Crippen molar-refractivity contribution in [2.75, 3.05) is 12.8 Å². The van der Waals surface area contributed by atoms with Crippen molar-refractivity contribution in [1.29, 1.82) is 0 Å². The highest BCUT2D eigenvalue weighted by Gasteiger charge is 2.08. The Morgan fingerprint density at radius 3 is 2.50 bits per heavy atom. The van der Waals surface area contributed by atoms with Gasteiger partial charge in [0, 0.05) is 11.0 Å². The monoisotopic (exact) mass is 239 g/mol.